The molecule has 0 fully saturated rings. The number of aromatic nitrogens is 3. The maximum Gasteiger partial charge on any atom is 0.321 e. The second kappa shape index (κ2) is 7.72. The van der Waals surface area contributed by atoms with Crippen LogP contribution in [-0.4, -0.2) is 39.9 Å². The Morgan fingerprint density at radius 2 is 2.07 bits per heavy atom. The third-order valence-corrected chi connectivity index (χ3v) is 4.93. The fourth-order valence-corrected chi connectivity index (χ4v) is 3.48. The van der Waals surface area contributed by atoms with E-state index >= 15 is 0 Å². The number of carbonyl (C=O) groups is 1. The van der Waals surface area contributed by atoms with Gasteiger partial charge in [0.15, 0.2) is 5.82 Å². The fourth-order valence-electron chi connectivity index (χ4n) is 3.48. The van der Waals surface area contributed by atoms with Crippen LogP contribution in [0.3, 0.4) is 0 Å². The summed E-state index contributed by atoms with van der Waals surface area (Å²) < 4.78 is 7.51. The summed E-state index contributed by atoms with van der Waals surface area (Å²) in [6.07, 6.45) is 2.07. The first-order valence-electron chi connectivity index (χ1n) is 9.32. The molecule has 0 spiro atoms. The zero-order chi connectivity index (χ0) is 19.5. The first-order valence-corrected chi connectivity index (χ1v) is 9.32. The van der Waals surface area contributed by atoms with Crippen LogP contribution >= 0.6 is 0 Å². The van der Waals surface area contributed by atoms with Crippen LogP contribution in [0.15, 0.2) is 48.5 Å². The van der Waals surface area contributed by atoms with E-state index in [0.717, 1.165) is 53.6 Å². The van der Waals surface area contributed by atoms with Gasteiger partial charge in [0.05, 0.1) is 13.7 Å². The molecule has 1 aliphatic rings. The number of hydrogen-bond donors (Lipinski definition) is 1. The molecule has 0 aliphatic carbocycles. The summed E-state index contributed by atoms with van der Waals surface area (Å²) >= 11 is 0. The summed E-state index contributed by atoms with van der Waals surface area (Å²) in [5.74, 6) is 2.65. The zero-order valence-electron chi connectivity index (χ0n) is 16.1. The van der Waals surface area contributed by atoms with Gasteiger partial charge >= 0.3 is 6.03 Å². The van der Waals surface area contributed by atoms with E-state index in [1.807, 2.05) is 48.5 Å². The first kappa shape index (κ1) is 18.0. The van der Waals surface area contributed by atoms with Crippen LogP contribution < -0.4 is 10.1 Å². The minimum absolute atomic E-state index is 0.186. The first-order chi connectivity index (χ1) is 13.7. The topological polar surface area (TPSA) is 72.3 Å². The van der Waals surface area contributed by atoms with E-state index in [-0.39, 0.29) is 6.03 Å². The van der Waals surface area contributed by atoms with E-state index in [2.05, 4.69) is 20.1 Å². The number of fused-ring (bicyclic) bond motifs is 1. The molecule has 1 aromatic heterocycles. The van der Waals surface area contributed by atoms with Crippen LogP contribution in [0.4, 0.5) is 10.5 Å². The van der Waals surface area contributed by atoms with Crippen molar-refractivity contribution < 1.29 is 9.53 Å². The van der Waals surface area contributed by atoms with Crippen LogP contribution in [0.1, 0.15) is 17.8 Å². The number of aryl methyl sites for hydroxylation is 1. The van der Waals surface area contributed by atoms with Crippen molar-refractivity contribution in [2.45, 2.75) is 25.9 Å². The molecule has 0 saturated carbocycles. The normalized spacial score (nSPS) is 12.5. The quantitative estimate of drug-likeness (QED) is 0.738. The van der Waals surface area contributed by atoms with Gasteiger partial charge in [0.1, 0.15) is 11.6 Å². The predicted octanol–water partition coefficient (Wildman–Crippen LogP) is 3.56. The Morgan fingerprint density at radius 1 is 1.21 bits per heavy atom. The number of para-hydroxylation sites is 1. The van der Waals surface area contributed by atoms with Crippen LogP contribution in [0.5, 0.6) is 5.75 Å². The summed E-state index contributed by atoms with van der Waals surface area (Å²) in [6, 6.07) is 15.2. The second-order valence-corrected chi connectivity index (χ2v) is 6.87. The molecule has 2 amide bonds. The van der Waals surface area contributed by atoms with Gasteiger partial charge in [0.25, 0.3) is 0 Å². The summed E-state index contributed by atoms with van der Waals surface area (Å²) in [4.78, 5) is 14.3. The number of nitrogens with zero attached hydrogens (tertiary/aromatic N) is 4. The monoisotopic (exact) mass is 377 g/mol. The maximum absolute atomic E-state index is 12.6. The molecular weight excluding hydrogens is 354 g/mol. The Bertz CT molecular complexity index is 998. The Kier molecular flexibility index (Phi) is 4.97. The molecule has 0 bridgehead atoms. The highest BCUT2D eigenvalue weighted by Gasteiger charge is 2.19. The molecule has 4 rings (SSSR count). The number of benzene rings is 2. The molecule has 0 atom stereocenters. The number of rotatable bonds is 5. The third-order valence-electron chi connectivity index (χ3n) is 4.93. The average molecular weight is 377 g/mol. The van der Waals surface area contributed by atoms with Gasteiger partial charge in [-0.15, -0.1) is 10.2 Å². The maximum atomic E-state index is 12.6. The molecule has 144 valence electrons. The average Bonchev–Trinajstić information content (AvgIpc) is 3.32. The number of anilines is 1. The standard InChI is InChI=1S/C21H23N5O2/c1-25(14-16-7-3-4-10-18(16)28-2)21(27)22-17-9-5-8-15(13-17)20-24-23-19-11-6-12-26(19)20/h3-5,7-10,13H,6,11-12,14H2,1-2H3,(H,22,27). The lowest BCUT2D eigenvalue weighted by atomic mass is 10.2. The van der Waals surface area contributed by atoms with E-state index in [0.29, 0.717) is 6.54 Å². The second-order valence-electron chi connectivity index (χ2n) is 6.87. The summed E-state index contributed by atoms with van der Waals surface area (Å²) in [6.45, 7) is 1.39. The molecule has 28 heavy (non-hydrogen) atoms. The van der Waals surface area contributed by atoms with Crippen LogP contribution in [0.2, 0.25) is 0 Å². The zero-order valence-corrected chi connectivity index (χ0v) is 16.1. The van der Waals surface area contributed by atoms with Crippen molar-refractivity contribution in [2.24, 2.45) is 0 Å². The summed E-state index contributed by atoms with van der Waals surface area (Å²) in [5.41, 5.74) is 2.63. The number of ether oxygens (including phenoxy) is 1. The molecule has 2 aromatic carbocycles. The molecule has 2 heterocycles. The minimum atomic E-state index is -0.186. The Labute approximate surface area is 164 Å². The van der Waals surface area contributed by atoms with Crippen molar-refractivity contribution in [3.05, 3.63) is 59.9 Å². The van der Waals surface area contributed by atoms with Crippen molar-refractivity contribution in [3.8, 4) is 17.1 Å². The number of methoxy groups -OCH3 is 1. The Hall–Kier alpha value is -3.35. The predicted molar refractivity (Wildman–Crippen MR) is 107 cm³/mol. The lowest BCUT2D eigenvalue weighted by molar-refractivity contribution is 0.220. The van der Waals surface area contributed by atoms with E-state index in [1.165, 1.54) is 0 Å². The van der Waals surface area contributed by atoms with Gasteiger partial charge in [-0.2, -0.15) is 0 Å². The van der Waals surface area contributed by atoms with E-state index < -0.39 is 0 Å². The van der Waals surface area contributed by atoms with Crippen LogP contribution in [0, 0.1) is 0 Å². The molecule has 0 unspecified atom stereocenters. The van der Waals surface area contributed by atoms with Gasteiger partial charge < -0.3 is 19.5 Å². The molecule has 3 aromatic rings. The lowest BCUT2D eigenvalue weighted by Crippen LogP contribution is -2.31. The number of hydrogen-bond acceptors (Lipinski definition) is 4. The van der Waals surface area contributed by atoms with Gasteiger partial charge in [0.2, 0.25) is 0 Å². The van der Waals surface area contributed by atoms with E-state index in [1.54, 1.807) is 19.1 Å². The van der Waals surface area contributed by atoms with Crippen molar-refractivity contribution >= 4 is 11.7 Å². The molecule has 0 radical (unpaired) electrons. The van der Waals surface area contributed by atoms with E-state index in [4.69, 9.17) is 4.74 Å². The van der Waals surface area contributed by atoms with Gasteiger partial charge in [-0.05, 0) is 24.6 Å². The minimum Gasteiger partial charge on any atom is -0.496 e. The SMILES string of the molecule is COc1ccccc1CN(C)C(=O)Nc1cccc(-c2nnc3n2CCC3)c1. The number of amides is 2. The largest absolute Gasteiger partial charge is 0.496 e. The number of urea groups is 1. The lowest BCUT2D eigenvalue weighted by Gasteiger charge is -2.19. The molecule has 7 heteroatoms. The molecular formula is C21H23N5O2. The smallest absolute Gasteiger partial charge is 0.321 e. The van der Waals surface area contributed by atoms with E-state index in [9.17, 15) is 4.79 Å². The van der Waals surface area contributed by atoms with Crippen molar-refractivity contribution in [1.82, 2.24) is 19.7 Å². The summed E-state index contributed by atoms with van der Waals surface area (Å²) in [7, 11) is 3.39. The van der Waals surface area contributed by atoms with Crippen molar-refractivity contribution in [1.29, 1.82) is 0 Å². The third kappa shape index (κ3) is 3.55. The highest BCUT2D eigenvalue weighted by molar-refractivity contribution is 5.89. The molecule has 1 N–H and O–H groups in total. The number of nitrogens with one attached hydrogen (secondary N) is 1. The Morgan fingerprint density at radius 3 is 2.93 bits per heavy atom. The van der Waals surface area contributed by atoms with Crippen LogP contribution in [0.25, 0.3) is 11.4 Å². The van der Waals surface area contributed by atoms with Gasteiger partial charge in [-0.25, -0.2) is 4.79 Å². The van der Waals surface area contributed by atoms with Crippen LogP contribution in [-0.2, 0) is 19.5 Å². The van der Waals surface area contributed by atoms with Gasteiger partial charge in [-0.1, -0.05) is 30.3 Å². The Balaban J connectivity index is 1.47. The van der Waals surface area contributed by atoms with Crippen molar-refractivity contribution in [2.75, 3.05) is 19.5 Å². The highest BCUT2D eigenvalue weighted by atomic mass is 16.5. The highest BCUT2D eigenvalue weighted by Crippen LogP contribution is 2.25. The van der Waals surface area contributed by atoms with Gasteiger partial charge in [0, 0.05) is 36.8 Å². The number of carbonyl (C=O) groups excluding carboxylic acids is 1. The van der Waals surface area contributed by atoms with Crippen molar-refractivity contribution in [3.63, 3.8) is 0 Å². The molecule has 1 aliphatic heterocycles. The molecule has 0 saturated heterocycles. The van der Waals surface area contributed by atoms with Gasteiger partial charge in [-0.3, -0.25) is 0 Å². The summed E-state index contributed by atoms with van der Waals surface area (Å²) in [5, 5.41) is 11.5. The fraction of sp³-hybridized carbons (Fsp3) is 0.286. The molecule has 7 nitrogen and oxygen atoms in total.